The summed E-state index contributed by atoms with van der Waals surface area (Å²) in [5.74, 6) is -0.280. The van der Waals surface area contributed by atoms with Crippen molar-refractivity contribution in [3.05, 3.63) is 90.5 Å². The van der Waals surface area contributed by atoms with Crippen LogP contribution in [0.25, 0.3) is 0 Å². The Labute approximate surface area is 231 Å². The Morgan fingerprint density at radius 3 is 1.82 bits per heavy atom. The summed E-state index contributed by atoms with van der Waals surface area (Å²) in [4.78, 5) is 16.0. The van der Waals surface area contributed by atoms with Gasteiger partial charge in [-0.15, -0.1) is 0 Å². The van der Waals surface area contributed by atoms with Crippen LogP contribution in [-0.2, 0) is 32.2 Å². The Morgan fingerprint density at radius 2 is 1.39 bits per heavy atom. The van der Waals surface area contributed by atoms with Crippen LogP contribution in [0.4, 0.5) is 0 Å². The summed E-state index contributed by atoms with van der Waals surface area (Å²) < 4.78 is 32.7. The van der Waals surface area contributed by atoms with Crippen molar-refractivity contribution in [3.8, 4) is 0 Å². The molecule has 0 N–H and O–H groups in total. The average Bonchev–Trinajstić information content (AvgIpc) is 3.23. The van der Waals surface area contributed by atoms with Gasteiger partial charge < -0.3 is 4.55 Å². The Bertz CT molecular complexity index is 1280. The first-order valence-electron chi connectivity index (χ1n) is 13.5. The molecule has 2 fully saturated rings. The lowest BCUT2D eigenvalue weighted by atomic mass is 9.70. The normalized spacial score (nSPS) is 21.8. The first-order chi connectivity index (χ1) is 18.1. The summed E-state index contributed by atoms with van der Waals surface area (Å²) in [6.07, 6.45) is 5.57. The van der Waals surface area contributed by atoms with Crippen molar-refractivity contribution in [2.45, 2.75) is 74.0 Å². The number of hydrogen-bond acceptors (Lipinski definition) is 4. The Balaban J connectivity index is 0.000000194. The van der Waals surface area contributed by atoms with Gasteiger partial charge in [0.25, 0.3) is 0 Å². The second-order valence-corrected chi connectivity index (χ2v) is 14.5. The molecule has 2 saturated carbocycles. The van der Waals surface area contributed by atoms with Crippen LogP contribution in [0.5, 0.6) is 0 Å². The van der Waals surface area contributed by atoms with Crippen molar-refractivity contribution in [1.29, 1.82) is 0 Å². The van der Waals surface area contributed by atoms with Gasteiger partial charge in [-0.2, -0.15) is 0 Å². The van der Waals surface area contributed by atoms with Gasteiger partial charge in [-0.25, -0.2) is 8.42 Å². The van der Waals surface area contributed by atoms with Crippen LogP contribution in [0.2, 0.25) is 0 Å². The van der Waals surface area contributed by atoms with E-state index < -0.39 is 21.3 Å². The van der Waals surface area contributed by atoms with Crippen LogP contribution >= 0.6 is 0 Å². The van der Waals surface area contributed by atoms with Crippen LogP contribution in [-0.4, -0.2) is 24.5 Å². The van der Waals surface area contributed by atoms with Crippen molar-refractivity contribution < 1.29 is 17.8 Å². The molecule has 5 rings (SSSR count). The van der Waals surface area contributed by atoms with Crippen molar-refractivity contribution in [2.75, 3.05) is 5.75 Å². The first kappa shape index (κ1) is 28.6. The summed E-state index contributed by atoms with van der Waals surface area (Å²) in [5.41, 5.74) is 0.222. The Hall–Kier alpha value is -2.41. The molecular formula is C32H38O4S2. The smallest absolute Gasteiger partial charge is 0.166 e. The second-order valence-electron chi connectivity index (χ2n) is 11.0. The third-order valence-corrected chi connectivity index (χ3v) is 11.6. The fraction of sp³-hybridized carbons (Fsp3) is 0.406. The number of Topliss-reactive ketones (excluding diaryl/α,β-unsaturated/α-hetero) is 1. The maximum Gasteiger partial charge on any atom is 0.166 e. The average molecular weight is 551 g/mol. The van der Waals surface area contributed by atoms with Crippen LogP contribution in [0.1, 0.15) is 58.4 Å². The van der Waals surface area contributed by atoms with Gasteiger partial charge in [0, 0.05) is 11.8 Å². The third-order valence-electron chi connectivity index (χ3n) is 8.50. The number of benzene rings is 3. The Morgan fingerprint density at radius 1 is 0.868 bits per heavy atom. The number of ketones is 1. The lowest BCUT2D eigenvalue weighted by Crippen LogP contribution is -2.42. The van der Waals surface area contributed by atoms with Crippen LogP contribution < -0.4 is 0 Å². The van der Waals surface area contributed by atoms with Gasteiger partial charge >= 0.3 is 0 Å². The van der Waals surface area contributed by atoms with E-state index in [9.17, 15) is 17.8 Å². The van der Waals surface area contributed by atoms with Crippen LogP contribution in [0.15, 0.2) is 99.6 Å². The number of carbonyl (C=O) groups excluding carboxylic acids is 1. The summed E-state index contributed by atoms with van der Waals surface area (Å²) in [6.45, 7) is 6.08. The molecule has 2 aliphatic carbocycles. The molecule has 202 valence electrons. The molecule has 3 aromatic carbocycles. The highest BCUT2D eigenvalue weighted by molar-refractivity contribution is 7.97. The molecule has 6 heteroatoms. The van der Waals surface area contributed by atoms with E-state index in [1.807, 2.05) is 13.8 Å². The molecule has 2 bridgehead atoms. The third kappa shape index (κ3) is 6.08. The lowest BCUT2D eigenvalue weighted by molar-refractivity contribution is -0.128. The number of unbranched alkanes of at least 4 members (excludes halogenated alkanes) is 1. The second kappa shape index (κ2) is 11.8. The highest BCUT2D eigenvalue weighted by Crippen LogP contribution is 2.64. The zero-order valence-electron chi connectivity index (χ0n) is 22.6. The first-order valence-corrected chi connectivity index (χ1v) is 16.3. The van der Waals surface area contributed by atoms with Crippen molar-refractivity contribution in [2.24, 2.45) is 16.7 Å². The van der Waals surface area contributed by atoms with E-state index in [4.69, 9.17) is 0 Å². The van der Waals surface area contributed by atoms with Crippen molar-refractivity contribution >= 4 is 26.8 Å². The minimum absolute atomic E-state index is 0.0248. The van der Waals surface area contributed by atoms with Crippen LogP contribution in [0, 0.1) is 16.7 Å². The molecule has 2 unspecified atom stereocenters. The fourth-order valence-corrected chi connectivity index (χ4v) is 9.47. The van der Waals surface area contributed by atoms with Gasteiger partial charge in [0.05, 0.1) is 26.8 Å². The van der Waals surface area contributed by atoms with E-state index in [0.29, 0.717) is 12.8 Å². The molecule has 2 aliphatic rings. The van der Waals surface area contributed by atoms with Gasteiger partial charge in [-0.3, -0.25) is 4.79 Å². The van der Waals surface area contributed by atoms with Crippen molar-refractivity contribution in [3.63, 3.8) is 0 Å². The number of hydrogen-bond donors (Lipinski definition) is 0. The monoisotopic (exact) mass is 550 g/mol. The minimum Gasteiger partial charge on any atom is -0.748 e. The SMILES string of the molecule is CC1(C)C2CCC1(CS(=O)(=O)[O-])C(=O)C2.CCCCc1ccc([S+](c2ccccc2)c2ccccc2)cc1. The number of carbonyl (C=O) groups is 1. The molecule has 0 radical (unpaired) electrons. The topological polar surface area (TPSA) is 74.3 Å². The zero-order valence-corrected chi connectivity index (χ0v) is 24.2. The van der Waals surface area contributed by atoms with Crippen molar-refractivity contribution in [1.82, 2.24) is 0 Å². The molecule has 0 aliphatic heterocycles. The summed E-state index contributed by atoms with van der Waals surface area (Å²) in [5, 5.41) is 0. The lowest BCUT2D eigenvalue weighted by Gasteiger charge is -2.37. The molecule has 3 aromatic rings. The standard InChI is InChI=1S/C22H23S.C10H16O4S/c1-2-3-10-19-15-17-22(18-16-19)23(20-11-6-4-7-12-20)21-13-8-5-9-14-21;1-9(2)7-3-4-10(9,8(11)5-7)6-15(12,13)14/h4-9,11-18H,2-3,10H2,1H3;7H,3-6H2,1-2H3,(H,12,13,14)/q+1;/p-1. The number of aryl methyl sites for hydroxylation is 1. The fourth-order valence-electron chi connectivity index (χ4n) is 6.10. The summed E-state index contributed by atoms with van der Waals surface area (Å²) in [7, 11) is -4.35. The van der Waals surface area contributed by atoms with E-state index in [1.54, 1.807) is 0 Å². The molecule has 0 amide bonds. The number of rotatable bonds is 8. The van der Waals surface area contributed by atoms with Gasteiger partial charge in [0.15, 0.2) is 14.7 Å². The number of fused-ring (bicyclic) bond motifs is 2. The zero-order chi connectivity index (χ0) is 27.4. The molecular weight excluding hydrogens is 512 g/mol. The van der Waals surface area contributed by atoms with Gasteiger partial charge in [0.2, 0.25) is 0 Å². The highest BCUT2D eigenvalue weighted by Gasteiger charge is 2.64. The molecule has 0 spiro atoms. The predicted octanol–water partition coefficient (Wildman–Crippen LogP) is 7.05. The quantitative estimate of drug-likeness (QED) is 0.222. The maximum absolute atomic E-state index is 11.8. The molecule has 38 heavy (non-hydrogen) atoms. The predicted molar refractivity (Wildman–Crippen MR) is 153 cm³/mol. The molecule has 2 atom stereocenters. The van der Waals surface area contributed by atoms with E-state index in [0.717, 1.165) is 6.42 Å². The molecule has 0 saturated heterocycles. The highest BCUT2D eigenvalue weighted by atomic mass is 32.2. The van der Waals surface area contributed by atoms with Gasteiger partial charge in [-0.1, -0.05) is 75.7 Å². The maximum atomic E-state index is 11.8. The van der Waals surface area contributed by atoms with E-state index >= 15 is 0 Å². The molecule has 4 nitrogen and oxygen atoms in total. The van der Waals surface area contributed by atoms with E-state index in [2.05, 4.69) is 91.9 Å². The summed E-state index contributed by atoms with van der Waals surface area (Å²) in [6, 6.07) is 30.9. The van der Waals surface area contributed by atoms with Gasteiger partial charge in [-0.05, 0) is 79.0 Å². The van der Waals surface area contributed by atoms with E-state index in [1.165, 1.54) is 39.5 Å². The minimum atomic E-state index is -4.33. The largest absolute Gasteiger partial charge is 0.748 e. The van der Waals surface area contributed by atoms with Gasteiger partial charge in [0.1, 0.15) is 5.78 Å². The molecule has 0 heterocycles. The van der Waals surface area contributed by atoms with E-state index in [-0.39, 0.29) is 28.0 Å². The Kier molecular flexibility index (Phi) is 8.85. The van der Waals surface area contributed by atoms with Crippen LogP contribution in [0.3, 0.4) is 0 Å². The summed E-state index contributed by atoms with van der Waals surface area (Å²) >= 11 is 0. The molecule has 0 aromatic heterocycles.